The van der Waals surface area contributed by atoms with Gasteiger partial charge in [-0.05, 0) is 19.8 Å². The van der Waals surface area contributed by atoms with Crippen LogP contribution in [0.3, 0.4) is 0 Å². The number of rotatable bonds is 2. The molecule has 1 aliphatic heterocycles. The van der Waals surface area contributed by atoms with Crippen LogP contribution in [0.15, 0.2) is 4.42 Å². The fourth-order valence-electron chi connectivity index (χ4n) is 2.13. The molecule has 2 heterocycles. The number of aromatic nitrogens is 1. The molecular weight excluding hydrogens is 218 g/mol. The number of carbonyl (C=O) groups excluding carboxylic acids is 1. The fraction of sp³-hybridized carbons (Fsp3) is 0.667. The highest BCUT2D eigenvalue weighted by atomic mass is 16.4. The minimum absolute atomic E-state index is 0.0107. The van der Waals surface area contributed by atoms with Crippen molar-refractivity contribution in [2.24, 2.45) is 0 Å². The molecule has 0 bridgehead atoms. The van der Waals surface area contributed by atoms with Crippen molar-refractivity contribution in [1.29, 1.82) is 0 Å². The van der Waals surface area contributed by atoms with Crippen molar-refractivity contribution < 1.29 is 9.21 Å². The van der Waals surface area contributed by atoms with Gasteiger partial charge in [-0.25, -0.2) is 4.98 Å². The second-order valence-electron chi connectivity index (χ2n) is 4.78. The monoisotopic (exact) mass is 235 g/mol. The minimum atomic E-state index is -0.0107. The Morgan fingerprint density at radius 1 is 1.41 bits per heavy atom. The predicted molar refractivity (Wildman–Crippen MR) is 62.0 cm³/mol. The molecule has 2 fully saturated rings. The van der Waals surface area contributed by atoms with Crippen LogP contribution >= 0.6 is 0 Å². The molecule has 0 spiro atoms. The minimum Gasteiger partial charge on any atom is -0.435 e. The van der Waals surface area contributed by atoms with E-state index in [4.69, 9.17) is 4.42 Å². The lowest BCUT2D eigenvalue weighted by Crippen LogP contribution is -2.46. The zero-order valence-electron chi connectivity index (χ0n) is 10.0. The normalized spacial score (nSPS) is 20.6. The molecule has 3 rings (SSSR count). The van der Waals surface area contributed by atoms with E-state index in [-0.39, 0.29) is 5.91 Å². The Morgan fingerprint density at radius 3 is 2.76 bits per heavy atom. The largest absolute Gasteiger partial charge is 0.435 e. The molecule has 5 nitrogen and oxygen atoms in total. The maximum Gasteiger partial charge on any atom is 0.291 e. The molecule has 0 unspecified atom stereocenters. The second kappa shape index (κ2) is 4.14. The van der Waals surface area contributed by atoms with Gasteiger partial charge in [-0.3, -0.25) is 4.79 Å². The summed E-state index contributed by atoms with van der Waals surface area (Å²) < 4.78 is 5.63. The van der Waals surface area contributed by atoms with E-state index in [1.165, 1.54) is 0 Å². The molecular formula is C12H17N3O2. The first-order valence-electron chi connectivity index (χ1n) is 6.23. The van der Waals surface area contributed by atoms with Gasteiger partial charge in [-0.1, -0.05) is 0 Å². The number of aryl methyl sites for hydroxylation is 1. The molecule has 92 valence electrons. The third-order valence-electron chi connectivity index (χ3n) is 3.34. The fourth-order valence-corrected chi connectivity index (χ4v) is 2.13. The Morgan fingerprint density at radius 2 is 2.12 bits per heavy atom. The van der Waals surface area contributed by atoms with Crippen molar-refractivity contribution in [3.63, 3.8) is 0 Å². The Labute approximate surface area is 100 Å². The van der Waals surface area contributed by atoms with Crippen molar-refractivity contribution in [2.45, 2.75) is 25.7 Å². The Hall–Kier alpha value is -1.36. The van der Waals surface area contributed by atoms with Gasteiger partial charge in [-0.15, -0.1) is 0 Å². The Kier molecular flexibility index (Phi) is 2.63. The molecule has 1 aliphatic carbocycles. The van der Waals surface area contributed by atoms with E-state index in [1.54, 1.807) is 0 Å². The topological polar surface area (TPSA) is 58.4 Å². The molecule has 2 aliphatic rings. The van der Waals surface area contributed by atoms with Gasteiger partial charge in [0.05, 0.1) is 5.69 Å². The molecule has 1 saturated heterocycles. The molecule has 5 heteroatoms. The van der Waals surface area contributed by atoms with Crippen molar-refractivity contribution in [3.8, 4) is 0 Å². The van der Waals surface area contributed by atoms with E-state index in [0.717, 1.165) is 50.6 Å². The zero-order chi connectivity index (χ0) is 11.8. The molecule has 0 atom stereocenters. The molecule has 0 radical (unpaired) electrons. The maximum absolute atomic E-state index is 12.2. The highest BCUT2D eigenvalue weighted by Crippen LogP contribution is 2.40. The highest BCUT2D eigenvalue weighted by molar-refractivity contribution is 5.92. The Bertz CT molecular complexity index is 431. The van der Waals surface area contributed by atoms with Crippen LogP contribution in [0.25, 0.3) is 0 Å². The lowest BCUT2D eigenvalue weighted by Gasteiger charge is -2.26. The molecule has 1 N–H and O–H groups in total. The number of nitrogens with one attached hydrogen (secondary N) is 1. The van der Waals surface area contributed by atoms with Gasteiger partial charge in [0.15, 0.2) is 5.89 Å². The predicted octanol–water partition coefficient (Wildman–Crippen LogP) is 0.906. The first kappa shape index (κ1) is 10.8. The van der Waals surface area contributed by atoms with Gasteiger partial charge in [0, 0.05) is 32.1 Å². The number of nitrogens with zero attached hydrogens (tertiary/aromatic N) is 2. The van der Waals surface area contributed by atoms with E-state index < -0.39 is 0 Å². The van der Waals surface area contributed by atoms with Gasteiger partial charge in [0.25, 0.3) is 5.91 Å². The van der Waals surface area contributed by atoms with E-state index in [9.17, 15) is 4.79 Å². The number of hydrogen-bond acceptors (Lipinski definition) is 4. The van der Waals surface area contributed by atoms with Crippen molar-refractivity contribution >= 4 is 5.91 Å². The number of carbonyl (C=O) groups is 1. The third kappa shape index (κ3) is 2.07. The van der Waals surface area contributed by atoms with Gasteiger partial charge in [0.1, 0.15) is 0 Å². The summed E-state index contributed by atoms with van der Waals surface area (Å²) in [5.41, 5.74) is 0.732. The summed E-state index contributed by atoms with van der Waals surface area (Å²) in [7, 11) is 0. The van der Waals surface area contributed by atoms with E-state index in [1.807, 2.05) is 11.8 Å². The van der Waals surface area contributed by atoms with Crippen molar-refractivity contribution in [3.05, 3.63) is 17.3 Å². The first-order chi connectivity index (χ1) is 8.25. The number of hydrogen-bond donors (Lipinski definition) is 1. The number of amides is 1. The smallest absolute Gasteiger partial charge is 0.291 e. The van der Waals surface area contributed by atoms with E-state index >= 15 is 0 Å². The molecule has 1 aromatic heterocycles. The molecule has 1 aromatic rings. The maximum atomic E-state index is 12.2. The van der Waals surface area contributed by atoms with Crippen LogP contribution in [-0.2, 0) is 0 Å². The number of piperazine rings is 1. The summed E-state index contributed by atoms with van der Waals surface area (Å²) in [6.07, 6.45) is 2.28. The van der Waals surface area contributed by atoms with Gasteiger partial charge in [-0.2, -0.15) is 0 Å². The van der Waals surface area contributed by atoms with Crippen LogP contribution in [0.1, 0.15) is 40.9 Å². The van der Waals surface area contributed by atoms with Crippen LogP contribution < -0.4 is 5.32 Å². The average Bonchev–Trinajstić information content (AvgIpc) is 3.13. The number of oxazole rings is 1. The van der Waals surface area contributed by atoms with E-state index in [2.05, 4.69) is 10.3 Å². The second-order valence-corrected chi connectivity index (χ2v) is 4.78. The lowest BCUT2D eigenvalue weighted by molar-refractivity contribution is 0.0701. The van der Waals surface area contributed by atoms with Gasteiger partial charge >= 0.3 is 0 Å². The molecule has 17 heavy (non-hydrogen) atoms. The summed E-state index contributed by atoms with van der Waals surface area (Å²) in [5, 5.41) is 3.23. The van der Waals surface area contributed by atoms with Crippen molar-refractivity contribution in [2.75, 3.05) is 26.2 Å². The standard InChI is InChI=1S/C12H17N3O2/c1-8-10(17-11(14-8)9-2-3-9)12(16)15-6-4-13-5-7-15/h9,13H,2-7H2,1H3. The van der Waals surface area contributed by atoms with Gasteiger partial charge < -0.3 is 14.6 Å². The average molecular weight is 235 g/mol. The highest BCUT2D eigenvalue weighted by Gasteiger charge is 2.32. The molecule has 1 amide bonds. The summed E-state index contributed by atoms with van der Waals surface area (Å²) >= 11 is 0. The lowest BCUT2D eigenvalue weighted by atomic mass is 10.3. The SMILES string of the molecule is Cc1nc(C2CC2)oc1C(=O)N1CCNCC1. The summed E-state index contributed by atoms with van der Waals surface area (Å²) in [4.78, 5) is 18.4. The van der Waals surface area contributed by atoms with Crippen LogP contribution in [0.4, 0.5) is 0 Å². The summed E-state index contributed by atoms with van der Waals surface area (Å²) in [5.74, 6) is 1.64. The van der Waals surface area contributed by atoms with Crippen LogP contribution in [-0.4, -0.2) is 42.0 Å². The van der Waals surface area contributed by atoms with Crippen LogP contribution in [0.2, 0.25) is 0 Å². The van der Waals surface area contributed by atoms with Crippen LogP contribution in [0.5, 0.6) is 0 Å². The molecule has 0 aromatic carbocycles. The van der Waals surface area contributed by atoms with Crippen molar-refractivity contribution in [1.82, 2.24) is 15.2 Å². The summed E-state index contributed by atoms with van der Waals surface area (Å²) in [6.45, 7) is 5.06. The van der Waals surface area contributed by atoms with Crippen LogP contribution in [0, 0.1) is 6.92 Å². The quantitative estimate of drug-likeness (QED) is 0.827. The Balaban J connectivity index is 1.79. The summed E-state index contributed by atoms with van der Waals surface area (Å²) in [6, 6.07) is 0. The van der Waals surface area contributed by atoms with Gasteiger partial charge in [0.2, 0.25) is 5.76 Å². The zero-order valence-corrected chi connectivity index (χ0v) is 10.0. The molecule has 1 saturated carbocycles. The van der Waals surface area contributed by atoms with E-state index in [0.29, 0.717) is 11.7 Å². The first-order valence-corrected chi connectivity index (χ1v) is 6.23. The third-order valence-corrected chi connectivity index (χ3v) is 3.34.